The van der Waals surface area contributed by atoms with Gasteiger partial charge in [0.05, 0.1) is 0 Å². The van der Waals surface area contributed by atoms with E-state index in [1.54, 1.807) is 0 Å². The lowest BCUT2D eigenvalue weighted by Crippen LogP contribution is -2.30. The lowest BCUT2D eigenvalue weighted by atomic mass is 10.2. The molecule has 3 rings (SSSR count). The quantitative estimate of drug-likeness (QED) is 0.931. The Morgan fingerprint density at radius 2 is 1.90 bits per heavy atom. The van der Waals surface area contributed by atoms with Gasteiger partial charge in [0.25, 0.3) is 0 Å². The van der Waals surface area contributed by atoms with Crippen molar-refractivity contribution < 1.29 is 4.74 Å². The highest BCUT2D eigenvalue weighted by Gasteiger charge is 2.14. The van der Waals surface area contributed by atoms with Crippen LogP contribution in [0.5, 0.6) is 5.75 Å². The third-order valence-electron chi connectivity index (χ3n) is 3.92. The van der Waals surface area contributed by atoms with Crippen LogP contribution >= 0.6 is 0 Å². The van der Waals surface area contributed by atoms with Gasteiger partial charge < -0.3 is 10.1 Å². The summed E-state index contributed by atoms with van der Waals surface area (Å²) >= 11 is 0. The molecule has 110 valence electrons. The Morgan fingerprint density at radius 3 is 2.81 bits per heavy atom. The molecule has 1 aliphatic heterocycles. The van der Waals surface area contributed by atoms with Gasteiger partial charge in [-0.15, -0.1) is 0 Å². The van der Waals surface area contributed by atoms with Gasteiger partial charge in [-0.2, -0.15) is 0 Å². The zero-order valence-corrected chi connectivity index (χ0v) is 12.5. The minimum Gasteiger partial charge on any atom is -0.492 e. The van der Waals surface area contributed by atoms with Gasteiger partial charge >= 0.3 is 0 Å². The Bertz CT molecular complexity index is 597. The number of ether oxygens (including phenoxy) is 1. The van der Waals surface area contributed by atoms with Gasteiger partial charge in [0.1, 0.15) is 12.4 Å². The van der Waals surface area contributed by atoms with E-state index >= 15 is 0 Å². The molecular weight excluding hydrogens is 260 g/mol. The minimum absolute atomic E-state index is 0.765. The number of nitrogens with one attached hydrogen (secondary N) is 1. The maximum atomic E-state index is 5.80. The topological polar surface area (TPSA) is 24.5 Å². The van der Waals surface area contributed by atoms with E-state index in [9.17, 15) is 0 Å². The van der Waals surface area contributed by atoms with E-state index in [1.807, 2.05) is 6.07 Å². The Labute approximate surface area is 126 Å². The van der Waals surface area contributed by atoms with Gasteiger partial charge in [-0.1, -0.05) is 36.4 Å². The number of rotatable bonds is 4. The standard InChI is InChI=1S/C18H22N2O/c1-15-6-2-4-8-17(15)19-10-11-20-12-13-21-18-9-5-3-7-16(18)14-20/h2-9,19H,10-14H2,1H3. The van der Waals surface area contributed by atoms with Crippen LogP contribution in [-0.2, 0) is 6.54 Å². The summed E-state index contributed by atoms with van der Waals surface area (Å²) in [5, 5.41) is 3.52. The normalized spacial score (nSPS) is 14.9. The Hall–Kier alpha value is -2.00. The van der Waals surface area contributed by atoms with Crippen molar-refractivity contribution in [2.45, 2.75) is 13.5 Å². The molecule has 1 N–H and O–H groups in total. The first-order valence-electron chi connectivity index (χ1n) is 7.55. The average Bonchev–Trinajstić information content (AvgIpc) is 2.71. The van der Waals surface area contributed by atoms with Gasteiger partial charge in [0, 0.05) is 37.4 Å². The maximum absolute atomic E-state index is 5.80. The van der Waals surface area contributed by atoms with Gasteiger partial charge in [0.15, 0.2) is 0 Å². The summed E-state index contributed by atoms with van der Waals surface area (Å²) in [7, 11) is 0. The Kier molecular flexibility index (Phi) is 4.41. The molecule has 21 heavy (non-hydrogen) atoms. The lowest BCUT2D eigenvalue weighted by molar-refractivity contribution is 0.232. The molecule has 3 heteroatoms. The predicted molar refractivity (Wildman–Crippen MR) is 86.9 cm³/mol. The average molecular weight is 282 g/mol. The molecule has 0 aliphatic carbocycles. The van der Waals surface area contributed by atoms with Crippen molar-refractivity contribution in [3.8, 4) is 5.75 Å². The first-order valence-corrected chi connectivity index (χ1v) is 7.55. The molecule has 3 nitrogen and oxygen atoms in total. The minimum atomic E-state index is 0.765. The fraction of sp³-hybridized carbons (Fsp3) is 0.333. The highest BCUT2D eigenvalue weighted by Crippen LogP contribution is 2.22. The maximum Gasteiger partial charge on any atom is 0.123 e. The van der Waals surface area contributed by atoms with Crippen LogP contribution in [0.2, 0.25) is 0 Å². The molecule has 0 spiro atoms. The summed E-state index contributed by atoms with van der Waals surface area (Å²) in [5.41, 5.74) is 3.80. The molecule has 2 aromatic rings. The van der Waals surface area contributed by atoms with Crippen LogP contribution in [0.4, 0.5) is 5.69 Å². The highest BCUT2D eigenvalue weighted by molar-refractivity contribution is 5.50. The number of anilines is 1. The van der Waals surface area contributed by atoms with Crippen molar-refractivity contribution in [3.05, 3.63) is 59.7 Å². The second-order valence-electron chi connectivity index (χ2n) is 5.47. The van der Waals surface area contributed by atoms with E-state index in [1.165, 1.54) is 16.8 Å². The Morgan fingerprint density at radius 1 is 1.10 bits per heavy atom. The van der Waals surface area contributed by atoms with E-state index in [2.05, 4.69) is 59.6 Å². The fourth-order valence-corrected chi connectivity index (χ4v) is 2.69. The van der Waals surface area contributed by atoms with Crippen molar-refractivity contribution in [1.82, 2.24) is 4.90 Å². The van der Waals surface area contributed by atoms with Crippen molar-refractivity contribution in [2.24, 2.45) is 0 Å². The number of fused-ring (bicyclic) bond motifs is 1. The van der Waals surface area contributed by atoms with E-state index in [4.69, 9.17) is 4.74 Å². The van der Waals surface area contributed by atoms with Gasteiger partial charge in [-0.3, -0.25) is 4.90 Å². The number of hydrogen-bond acceptors (Lipinski definition) is 3. The van der Waals surface area contributed by atoms with E-state index in [0.29, 0.717) is 0 Å². The third-order valence-corrected chi connectivity index (χ3v) is 3.92. The molecule has 0 saturated heterocycles. The van der Waals surface area contributed by atoms with Crippen molar-refractivity contribution in [2.75, 3.05) is 31.6 Å². The summed E-state index contributed by atoms with van der Waals surface area (Å²) in [4.78, 5) is 2.44. The third kappa shape index (κ3) is 3.56. The molecule has 0 fully saturated rings. The second kappa shape index (κ2) is 6.64. The van der Waals surface area contributed by atoms with Crippen LogP contribution in [-0.4, -0.2) is 31.1 Å². The summed E-state index contributed by atoms with van der Waals surface area (Å²) in [6, 6.07) is 16.8. The van der Waals surface area contributed by atoms with Crippen molar-refractivity contribution >= 4 is 5.69 Å². The van der Waals surface area contributed by atoms with Crippen molar-refractivity contribution in [3.63, 3.8) is 0 Å². The molecule has 0 saturated carbocycles. The number of benzene rings is 2. The molecule has 0 aromatic heterocycles. The number of hydrogen-bond donors (Lipinski definition) is 1. The van der Waals surface area contributed by atoms with Crippen molar-refractivity contribution in [1.29, 1.82) is 0 Å². The lowest BCUT2D eigenvalue weighted by Gasteiger charge is -2.20. The highest BCUT2D eigenvalue weighted by atomic mass is 16.5. The SMILES string of the molecule is Cc1ccccc1NCCN1CCOc2ccccc2C1. The van der Waals surface area contributed by atoms with Gasteiger partial charge in [0.2, 0.25) is 0 Å². The first kappa shape index (κ1) is 14.0. The number of nitrogens with zero attached hydrogens (tertiary/aromatic N) is 1. The Balaban J connectivity index is 1.55. The molecule has 1 heterocycles. The zero-order chi connectivity index (χ0) is 14.5. The molecule has 0 atom stereocenters. The van der Waals surface area contributed by atoms with Crippen LogP contribution in [0.1, 0.15) is 11.1 Å². The monoisotopic (exact) mass is 282 g/mol. The summed E-state index contributed by atoms with van der Waals surface area (Å²) in [6.45, 7) is 6.81. The molecule has 1 aliphatic rings. The smallest absolute Gasteiger partial charge is 0.123 e. The van der Waals surface area contributed by atoms with E-state index in [0.717, 1.165) is 38.5 Å². The predicted octanol–water partition coefficient (Wildman–Crippen LogP) is 3.30. The largest absolute Gasteiger partial charge is 0.492 e. The number of para-hydroxylation sites is 2. The van der Waals surface area contributed by atoms with Crippen LogP contribution in [0.25, 0.3) is 0 Å². The van der Waals surface area contributed by atoms with Crippen LogP contribution in [0.3, 0.4) is 0 Å². The van der Waals surface area contributed by atoms with Gasteiger partial charge in [-0.25, -0.2) is 0 Å². The molecule has 0 unspecified atom stereocenters. The second-order valence-corrected chi connectivity index (χ2v) is 5.47. The number of aryl methyl sites for hydroxylation is 1. The van der Waals surface area contributed by atoms with E-state index in [-0.39, 0.29) is 0 Å². The zero-order valence-electron chi connectivity index (χ0n) is 12.5. The van der Waals surface area contributed by atoms with Gasteiger partial charge in [-0.05, 0) is 24.6 Å². The first-order chi connectivity index (χ1) is 10.3. The van der Waals surface area contributed by atoms with Crippen LogP contribution in [0, 0.1) is 6.92 Å². The van der Waals surface area contributed by atoms with Crippen LogP contribution in [0.15, 0.2) is 48.5 Å². The summed E-state index contributed by atoms with van der Waals surface area (Å²) in [6.07, 6.45) is 0. The molecular formula is C18H22N2O. The molecule has 0 radical (unpaired) electrons. The van der Waals surface area contributed by atoms with E-state index < -0.39 is 0 Å². The summed E-state index contributed by atoms with van der Waals surface area (Å²) < 4.78 is 5.80. The molecule has 0 bridgehead atoms. The molecule has 0 amide bonds. The molecule has 2 aromatic carbocycles. The van der Waals surface area contributed by atoms with Crippen LogP contribution < -0.4 is 10.1 Å². The fourth-order valence-electron chi connectivity index (χ4n) is 2.69. The summed E-state index contributed by atoms with van der Waals surface area (Å²) in [5.74, 6) is 1.03.